The van der Waals surface area contributed by atoms with E-state index in [0.29, 0.717) is 11.4 Å². The van der Waals surface area contributed by atoms with Crippen molar-refractivity contribution in [1.82, 2.24) is 15.2 Å². The van der Waals surface area contributed by atoms with Gasteiger partial charge >= 0.3 is 0 Å². The molecule has 20 heavy (non-hydrogen) atoms. The molecule has 6 nitrogen and oxygen atoms in total. The maximum atomic E-state index is 12.1. The lowest BCUT2D eigenvalue weighted by molar-refractivity contribution is 0.102. The smallest absolute Gasteiger partial charge is 0.273 e. The summed E-state index contributed by atoms with van der Waals surface area (Å²) in [4.78, 5) is 16.6. The minimum atomic E-state index is -0.287. The fraction of sp³-hybridized carbons (Fsp3) is 0.0714. The zero-order valence-corrected chi connectivity index (χ0v) is 10.8. The molecule has 0 bridgehead atoms. The van der Waals surface area contributed by atoms with Gasteiger partial charge in [0.1, 0.15) is 11.5 Å². The molecule has 4 N–H and O–H groups in total. The Morgan fingerprint density at radius 2 is 2.10 bits per heavy atom. The Bertz CT molecular complexity index is 793. The van der Waals surface area contributed by atoms with Gasteiger partial charge in [-0.1, -0.05) is 18.2 Å². The van der Waals surface area contributed by atoms with E-state index in [2.05, 4.69) is 20.5 Å². The van der Waals surface area contributed by atoms with Crippen molar-refractivity contribution in [3.8, 4) is 0 Å². The molecule has 0 radical (unpaired) electrons. The van der Waals surface area contributed by atoms with Gasteiger partial charge in [-0.2, -0.15) is 5.10 Å². The maximum Gasteiger partial charge on any atom is 0.273 e. The predicted molar refractivity (Wildman–Crippen MR) is 77.4 cm³/mol. The Balaban J connectivity index is 2.00. The van der Waals surface area contributed by atoms with Crippen LogP contribution in [0.25, 0.3) is 10.9 Å². The van der Waals surface area contributed by atoms with E-state index in [1.54, 1.807) is 0 Å². The van der Waals surface area contributed by atoms with Crippen molar-refractivity contribution in [1.29, 1.82) is 0 Å². The molecule has 0 unspecified atom stereocenters. The van der Waals surface area contributed by atoms with E-state index >= 15 is 0 Å². The summed E-state index contributed by atoms with van der Waals surface area (Å²) in [5.74, 6) is -0.00382. The lowest BCUT2D eigenvalue weighted by Gasteiger charge is -2.08. The van der Waals surface area contributed by atoms with Crippen molar-refractivity contribution in [3.05, 3.63) is 47.8 Å². The molecular weight excluding hydrogens is 254 g/mol. The van der Waals surface area contributed by atoms with Gasteiger partial charge in [-0.05, 0) is 19.1 Å². The molecule has 100 valence electrons. The summed E-state index contributed by atoms with van der Waals surface area (Å²) < 4.78 is 0. The predicted octanol–water partition coefficient (Wildman–Crippen LogP) is 2.10. The number of hydrogen-bond donors (Lipinski definition) is 3. The normalized spacial score (nSPS) is 10.7. The zero-order chi connectivity index (χ0) is 14.1. The summed E-state index contributed by atoms with van der Waals surface area (Å²) in [5, 5.41) is 10.1. The number of aromatic nitrogens is 3. The Kier molecular flexibility index (Phi) is 2.83. The monoisotopic (exact) mass is 267 g/mol. The second-order valence-corrected chi connectivity index (χ2v) is 4.49. The minimum absolute atomic E-state index is 0.283. The number of anilines is 2. The average Bonchev–Trinajstić information content (AvgIpc) is 2.85. The van der Waals surface area contributed by atoms with Gasteiger partial charge in [0.25, 0.3) is 5.91 Å². The van der Waals surface area contributed by atoms with Crippen LogP contribution >= 0.6 is 0 Å². The third-order valence-electron chi connectivity index (χ3n) is 2.93. The van der Waals surface area contributed by atoms with Gasteiger partial charge < -0.3 is 11.1 Å². The van der Waals surface area contributed by atoms with Gasteiger partial charge in [-0.3, -0.25) is 14.9 Å². The minimum Gasteiger partial charge on any atom is -0.382 e. The number of nitrogens with two attached hydrogens (primary N) is 1. The van der Waals surface area contributed by atoms with Gasteiger partial charge in [0.05, 0.1) is 11.2 Å². The molecule has 1 aromatic carbocycles. The van der Waals surface area contributed by atoms with Crippen LogP contribution in [0.5, 0.6) is 0 Å². The lowest BCUT2D eigenvalue weighted by atomic mass is 10.1. The number of rotatable bonds is 2. The van der Waals surface area contributed by atoms with Crippen LogP contribution in [0.1, 0.15) is 16.2 Å². The van der Waals surface area contributed by atoms with Gasteiger partial charge in [-0.25, -0.2) is 0 Å². The number of hydrogen-bond acceptors (Lipinski definition) is 4. The van der Waals surface area contributed by atoms with E-state index in [0.717, 1.165) is 16.6 Å². The molecular formula is C14H13N5O. The molecule has 0 saturated heterocycles. The van der Waals surface area contributed by atoms with Crippen LogP contribution in [-0.2, 0) is 0 Å². The molecule has 0 spiro atoms. The first kappa shape index (κ1) is 12.2. The van der Waals surface area contributed by atoms with Gasteiger partial charge in [0.15, 0.2) is 0 Å². The highest BCUT2D eigenvalue weighted by atomic mass is 16.1. The van der Waals surface area contributed by atoms with Crippen molar-refractivity contribution in [2.75, 3.05) is 11.1 Å². The fourth-order valence-corrected chi connectivity index (χ4v) is 2.05. The van der Waals surface area contributed by atoms with E-state index in [1.165, 1.54) is 6.07 Å². The van der Waals surface area contributed by atoms with E-state index in [9.17, 15) is 4.79 Å². The number of benzene rings is 1. The summed E-state index contributed by atoms with van der Waals surface area (Å²) in [5.41, 5.74) is 8.20. The van der Waals surface area contributed by atoms with Gasteiger partial charge in [0.2, 0.25) is 0 Å². The van der Waals surface area contributed by atoms with Crippen LogP contribution in [0, 0.1) is 6.92 Å². The van der Waals surface area contributed by atoms with Crippen LogP contribution in [0.3, 0.4) is 0 Å². The average molecular weight is 267 g/mol. The van der Waals surface area contributed by atoms with Crippen molar-refractivity contribution in [3.63, 3.8) is 0 Å². The number of nitrogen functional groups attached to an aromatic ring is 1. The topological polar surface area (TPSA) is 96.7 Å². The number of H-pyrrole nitrogens is 1. The highest BCUT2D eigenvalue weighted by Gasteiger charge is 2.11. The molecule has 0 atom stereocenters. The van der Waals surface area contributed by atoms with Crippen LogP contribution in [0.15, 0.2) is 36.4 Å². The molecule has 6 heteroatoms. The molecule has 0 fully saturated rings. The molecule has 2 aromatic heterocycles. The standard InChI is InChI=1S/C14H13N5O/c1-8-6-11(9-4-2-3-5-10(9)16-8)17-14(20)12-7-13(15)19-18-12/h2-7H,1H3,(H3,15,18,19)(H,16,17,20). The van der Waals surface area contributed by atoms with Crippen molar-refractivity contribution < 1.29 is 4.79 Å². The number of aromatic amines is 1. The number of nitrogens with zero attached hydrogens (tertiary/aromatic N) is 2. The van der Waals surface area contributed by atoms with E-state index in [4.69, 9.17) is 5.73 Å². The lowest BCUT2D eigenvalue weighted by Crippen LogP contribution is -2.13. The Morgan fingerprint density at radius 3 is 2.85 bits per heavy atom. The third-order valence-corrected chi connectivity index (χ3v) is 2.93. The van der Waals surface area contributed by atoms with E-state index in [-0.39, 0.29) is 11.7 Å². The zero-order valence-electron chi connectivity index (χ0n) is 10.8. The number of para-hydroxylation sites is 1. The molecule has 0 aliphatic heterocycles. The van der Waals surface area contributed by atoms with Crippen molar-refractivity contribution in [2.45, 2.75) is 6.92 Å². The summed E-state index contributed by atoms with van der Waals surface area (Å²) in [6.45, 7) is 1.89. The first-order valence-corrected chi connectivity index (χ1v) is 6.12. The van der Waals surface area contributed by atoms with E-state index < -0.39 is 0 Å². The van der Waals surface area contributed by atoms with Gasteiger partial charge in [0, 0.05) is 17.1 Å². The molecule has 3 aromatic rings. The second-order valence-electron chi connectivity index (χ2n) is 4.49. The second kappa shape index (κ2) is 4.65. The number of fused-ring (bicyclic) bond motifs is 1. The molecule has 0 saturated carbocycles. The first-order chi connectivity index (χ1) is 9.63. The summed E-state index contributed by atoms with van der Waals surface area (Å²) in [6, 6.07) is 11.0. The highest BCUT2D eigenvalue weighted by molar-refractivity contribution is 6.08. The quantitative estimate of drug-likeness (QED) is 0.662. The molecule has 2 heterocycles. The first-order valence-electron chi connectivity index (χ1n) is 6.12. The third kappa shape index (κ3) is 2.18. The summed E-state index contributed by atoms with van der Waals surface area (Å²) >= 11 is 0. The van der Waals surface area contributed by atoms with Gasteiger partial charge in [-0.15, -0.1) is 0 Å². The van der Waals surface area contributed by atoms with Crippen LogP contribution in [0.2, 0.25) is 0 Å². The Morgan fingerprint density at radius 1 is 1.30 bits per heavy atom. The maximum absolute atomic E-state index is 12.1. The molecule has 3 rings (SSSR count). The van der Waals surface area contributed by atoms with Crippen molar-refractivity contribution >= 4 is 28.3 Å². The van der Waals surface area contributed by atoms with Crippen molar-refractivity contribution in [2.24, 2.45) is 0 Å². The largest absolute Gasteiger partial charge is 0.382 e. The summed E-state index contributed by atoms with van der Waals surface area (Å²) in [7, 11) is 0. The van der Waals surface area contributed by atoms with E-state index in [1.807, 2.05) is 37.3 Å². The number of amides is 1. The van der Waals surface area contributed by atoms with Crippen LogP contribution < -0.4 is 11.1 Å². The number of carbonyl (C=O) groups excluding carboxylic acids is 1. The number of nitrogens with one attached hydrogen (secondary N) is 2. The SMILES string of the molecule is Cc1cc(NC(=O)c2cc(N)n[nH]2)c2ccccc2n1. The molecule has 0 aliphatic carbocycles. The fourth-order valence-electron chi connectivity index (χ4n) is 2.05. The highest BCUT2D eigenvalue weighted by Crippen LogP contribution is 2.23. The Labute approximate surface area is 115 Å². The van der Waals surface area contributed by atoms with Crippen LogP contribution in [-0.4, -0.2) is 21.1 Å². The number of aryl methyl sites for hydroxylation is 1. The number of carbonyl (C=O) groups is 1. The Hall–Kier alpha value is -2.89. The molecule has 0 aliphatic rings. The summed E-state index contributed by atoms with van der Waals surface area (Å²) in [6.07, 6.45) is 0. The van der Waals surface area contributed by atoms with Crippen LogP contribution in [0.4, 0.5) is 11.5 Å². The number of pyridine rings is 1. The molecule has 1 amide bonds.